The van der Waals surface area contributed by atoms with E-state index in [1.54, 1.807) is 11.8 Å². The molecule has 4 nitrogen and oxygen atoms in total. The van der Waals surface area contributed by atoms with E-state index >= 15 is 0 Å². The molecule has 0 spiro atoms. The van der Waals surface area contributed by atoms with E-state index in [2.05, 4.69) is 41.7 Å². The molecular formula is C14H20N2O2S. The van der Waals surface area contributed by atoms with Gasteiger partial charge in [0.15, 0.2) is 0 Å². The first-order valence-corrected chi connectivity index (χ1v) is 7.16. The maximum atomic E-state index is 11.0. The number of rotatable bonds is 4. The average Bonchev–Trinajstić information content (AvgIpc) is 2.39. The highest BCUT2D eigenvalue weighted by Gasteiger charge is 2.09. The molecule has 0 heterocycles. The molecule has 1 N–H and O–H groups in total. The fraction of sp³-hybridized carbons (Fsp3) is 0.429. The quantitative estimate of drug-likeness (QED) is 0.397. The van der Waals surface area contributed by atoms with Crippen LogP contribution in [0.3, 0.4) is 0 Å². The largest absolute Gasteiger partial charge is 0.433 e. The summed E-state index contributed by atoms with van der Waals surface area (Å²) in [7, 11) is 1.51. The SMILES string of the molecule is CNC(=O)O/N=C(/SCc1ccc(C)cc1)C(C)C. The highest BCUT2D eigenvalue weighted by atomic mass is 32.2. The molecule has 5 heteroatoms. The Bertz CT molecular complexity index is 441. The molecule has 1 amide bonds. The van der Waals surface area contributed by atoms with Crippen LogP contribution in [0.5, 0.6) is 0 Å². The monoisotopic (exact) mass is 280 g/mol. The van der Waals surface area contributed by atoms with Crippen LogP contribution in [0, 0.1) is 12.8 Å². The van der Waals surface area contributed by atoms with Crippen LogP contribution in [-0.4, -0.2) is 18.2 Å². The molecule has 1 aromatic rings. The van der Waals surface area contributed by atoms with Crippen molar-refractivity contribution < 1.29 is 9.63 Å². The van der Waals surface area contributed by atoms with Gasteiger partial charge in [0.1, 0.15) is 5.04 Å². The first kappa shape index (κ1) is 15.6. The zero-order valence-corrected chi connectivity index (χ0v) is 12.6. The van der Waals surface area contributed by atoms with Crippen LogP contribution in [0.15, 0.2) is 29.4 Å². The van der Waals surface area contributed by atoms with Gasteiger partial charge in [-0.3, -0.25) is 4.84 Å². The molecule has 0 radical (unpaired) electrons. The van der Waals surface area contributed by atoms with E-state index in [0.717, 1.165) is 10.8 Å². The Balaban J connectivity index is 2.59. The minimum atomic E-state index is -0.547. The number of amides is 1. The third-order valence-corrected chi connectivity index (χ3v) is 3.74. The molecular weight excluding hydrogens is 260 g/mol. The lowest BCUT2D eigenvalue weighted by Gasteiger charge is -2.09. The van der Waals surface area contributed by atoms with Crippen molar-refractivity contribution in [1.82, 2.24) is 5.32 Å². The number of oxime groups is 1. The summed E-state index contributed by atoms with van der Waals surface area (Å²) in [5.74, 6) is 1.04. The fourth-order valence-corrected chi connectivity index (χ4v) is 2.20. The molecule has 0 aromatic heterocycles. The first-order chi connectivity index (χ1) is 9.02. The third-order valence-electron chi connectivity index (χ3n) is 2.42. The zero-order chi connectivity index (χ0) is 14.3. The maximum absolute atomic E-state index is 11.0. The van der Waals surface area contributed by atoms with Gasteiger partial charge in [-0.05, 0) is 12.5 Å². The van der Waals surface area contributed by atoms with Gasteiger partial charge in [-0.2, -0.15) is 0 Å². The van der Waals surface area contributed by atoms with Crippen molar-refractivity contribution in [2.75, 3.05) is 7.05 Å². The van der Waals surface area contributed by atoms with Crippen molar-refractivity contribution in [3.05, 3.63) is 35.4 Å². The van der Waals surface area contributed by atoms with Gasteiger partial charge < -0.3 is 5.32 Å². The van der Waals surface area contributed by atoms with Crippen LogP contribution in [0.4, 0.5) is 4.79 Å². The van der Waals surface area contributed by atoms with E-state index in [0.29, 0.717) is 0 Å². The topological polar surface area (TPSA) is 50.7 Å². The second-order valence-corrected chi connectivity index (χ2v) is 5.48. The van der Waals surface area contributed by atoms with Crippen LogP contribution >= 0.6 is 11.8 Å². The van der Waals surface area contributed by atoms with Gasteiger partial charge in [0.05, 0.1) is 0 Å². The van der Waals surface area contributed by atoms with Crippen LogP contribution in [0.1, 0.15) is 25.0 Å². The highest BCUT2D eigenvalue weighted by molar-refractivity contribution is 8.13. The lowest BCUT2D eigenvalue weighted by Crippen LogP contribution is -2.18. The van der Waals surface area contributed by atoms with Gasteiger partial charge in [0.2, 0.25) is 0 Å². The second-order valence-electron chi connectivity index (χ2n) is 4.49. The Kier molecular flexibility index (Phi) is 6.42. The minimum Gasteiger partial charge on any atom is -0.323 e. The first-order valence-electron chi connectivity index (χ1n) is 6.18. The Hall–Kier alpha value is -1.49. The Labute approximate surface area is 118 Å². The smallest absolute Gasteiger partial charge is 0.323 e. The number of aryl methyl sites for hydroxylation is 1. The maximum Gasteiger partial charge on any atom is 0.433 e. The molecule has 0 saturated carbocycles. The van der Waals surface area contributed by atoms with Crippen molar-refractivity contribution in [2.45, 2.75) is 26.5 Å². The zero-order valence-electron chi connectivity index (χ0n) is 11.8. The Morgan fingerprint density at radius 2 is 2.00 bits per heavy atom. The highest BCUT2D eigenvalue weighted by Crippen LogP contribution is 2.19. The molecule has 0 aliphatic rings. The van der Waals surface area contributed by atoms with Crippen molar-refractivity contribution in [3.8, 4) is 0 Å². The van der Waals surface area contributed by atoms with Gasteiger partial charge in [0.25, 0.3) is 0 Å². The second kappa shape index (κ2) is 7.84. The number of carbonyl (C=O) groups is 1. The molecule has 0 aliphatic carbocycles. The number of thioether (sulfide) groups is 1. The van der Waals surface area contributed by atoms with Gasteiger partial charge >= 0.3 is 6.09 Å². The molecule has 0 fully saturated rings. The number of hydrogen-bond donors (Lipinski definition) is 1. The van der Waals surface area contributed by atoms with Crippen molar-refractivity contribution in [3.63, 3.8) is 0 Å². The summed E-state index contributed by atoms with van der Waals surface area (Å²) in [4.78, 5) is 15.7. The number of nitrogens with zero attached hydrogens (tertiary/aromatic N) is 1. The van der Waals surface area contributed by atoms with E-state index in [4.69, 9.17) is 4.84 Å². The summed E-state index contributed by atoms with van der Waals surface area (Å²) in [6, 6.07) is 8.37. The van der Waals surface area contributed by atoms with Crippen molar-refractivity contribution >= 4 is 22.9 Å². The summed E-state index contributed by atoms with van der Waals surface area (Å²) in [6.07, 6.45) is -0.547. The van der Waals surface area contributed by atoms with Crippen LogP contribution in [-0.2, 0) is 10.6 Å². The molecule has 0 atom stereocenters. The van der Waals surface area contributed by atoms with E-state index in [9.17, 15) is 4.79 Å². The molecule has 0 saturated heterocycles. The van der Waals surface area contributed by atoms with E-state index in [-0.39, 0.29) is 5.92 Å². The van der Waals surface area contributed by atoms with Gasteiger partial charge in [-0.15, -0.1) is 11.8 Å². The molecule has 0 unspecified atom stereocenters. The lowest BCUT2D eigenvalue weighted by atomic mass is 10.2. The van der Waals surface area contributed by atoms with Gasteiger partial charge in [-0.25, -0.2) is 4.79 Å². The van der Waals surface area contributed by atoms with Crippen LogP contribution in [0.25, 0.3) is 0 Å². The van der Waals surface area contributed by atoms with E-state index in [1.807, 2.05) is 13.8 Å². The predicted molar refractivity (Wildman–Crippen MR) is 80.3 cm³/mol. The molecule has 19 heavy (non-hydrogen) atoms. The molecule has 1 rings (SSSR count). The molecule has 104 valence electrons. The van der Waals surface area contributed by atoms with E-state index in [1.165, 1.54) is 18.2 Å². The molecule has 0 bridgehead atoms. The van der Waals surface area contributed by atoms with Crippen molar-refractivity contribution in [1.29, 1.82) is 0 Å². The van der Waals surface area contributed by atoms with Crippen LogP contribution in [0.2, 0.25) is 0 Å². The average molecular weight is 280 g/mol. The number of hydrogen-bond acceptors (Lipinski definition) is 4. The Morgan fingerprint density at radius 1 is 1.37 bits per heavy atom. The number of benzene rings is 1. The molecule has 0 aliphatic heterocycles. The normalized spacial score (nSPS) is 11.5. The van der Waals surface area contributed by atoms with Crippen molar-refractivity contribution in [2.24, 2.45) is 11.1 Å². The number of nitrogens with one attached hydrogen (secondary N) is 1. The Morgan fingerprint density at radius 3 is 2.53 bits per heavy atom. The summed E-state index contributed by atoms with van der Waals surface area (Å²) in [6.45, 7) is 6.11. The summed E-state index contributed by atoms with van der Waals surface area (Å²) in [5, 5.41) is 7.07. The summed E-state index contributed by atoms with van der Waals surface area (Å²) < 4.78 is 0. The summed E-state index contributed by atoms with van der Waals surface area (Å²) in [5.41, 5.74) is 2.47. The third kappa shape index (κ3) is 5.79. The standard InChI is InChI=1S/C14H20N2O2S/c1-10(2)13(16-18-14(17)15-4)19-9-12-7-5-11(3)6-8-12/h5-8,10H,9H2,1-4H3,(H,15,17)/b16-13+. The minimum absolute atomic E-state index is 0.222. The molecule has 1 aromatic carbocycles. The summed E-state index contributed by atoms with van der Waals surface area (Å²) >= 11 is 1.59. The fourth-order valence-electron chi connectivity index (χ4n) is 1.27. The van der Waals surface area contributed by atoms with Crippen LogP contribution < -0.4 is 5.32 Å². The lowest BCUT2D eigenvalue weighted by molar-refractivity contribution is 0.153. The van der Waals surface area contributed by atoms with Gasteiger partial charge in [-0.1, -0.05) is 48.8 Å². The number of carbonyl (C=O) groups excluding carboxylic acids is 1. The predicted octanol–water partition coefficient (Wildman–Crippen LogP) is 3.55. The van der Waals surface area contributed by atoms with E-state index < -0.39 is 6.09 Å². The van der Waals surface area contributed by atoms with Gasteiger partial charge in [0, 0.05) is 18.7 Å².